The second-order valence-electron chi connectivity index (χ2n) is 11.9. The summed E-state index contributed by atoms with van der Waals surface area (Å²) in [6.07, 6.45) is -6.52. The highest BCUT2D eigenvalue weighted by Gasteiger charge is 2.48. The first-order valence-electron chi connectivity index (χ1n) is 15.2. The number of carbonyl (C=O) groups excluding carboxylic acids is 1. The zero-order valence-electron chi connectivity index (χ0n) is 24.8. The predicted molar refractivity (Wildman–Crippen MR) is 167 cm³/mol. The van der Waals surface area contributed by atoms with Gasteiger partial charge in [0, 0.05) is 11.3 Å². The molecule has 2 fully saturated rings. The number of hydrogen-bond donors (Lipinski definition) is 6. The number of carbonyl (C=O) groups is 1. The van der Waals surface area contributed by atoms with Crippen molar-refractivity contribution in [2.75, 3.05) is 11.5 Å². The van der Waals surface area contributed by atoms with Gasteiger partial charge in [0.25, 0.3) is 0 Å². The molecular formula is C36H36FNO8. The molecular weight excluding hydrogens is 593 g/mol. The van der Waals surface area contributed by atoms with Crippen molar-refractivity contribution in [3.63, 3.8) is 0 Å². The van der Waals surface area contributed by atoms with E-state index in [2.05, 4.69) is 0 Å². The second kappa shape index (κ2) is 13.3. The van der Waals surface area contributed by atoms with Crippen LogP contribution in [0, 0.1) is 11.7 Å². The average Bonchev–Trinajstić information content (AvgIpc) is 3.07. The van der Waals surface area contributed by atoms with Crippen molar-refractivity contribution in [3.05, 3.63) is 120 Å². The zero-order valence-corrected chi connectivity index (χ0v) is 24.8. The van der Waals surface area contributed by atoms with Gasteiger partial charge in [0.2, 0.25) is 5.91 Å². The summed E-state index contributed by atoms with van der Waals surface area (Å²) in [5.74, 6) is -0.930. The number of nitrogens with zero attached hydrogens (tertiary/aromatic N) is 1. The maximum absolute atomic E-state index is 13.4. The predicted octanol–water partition coefficient (Wildman–Crippen LogP) is 3.93. The van der Waals surface area contributed by atoms with E-state index in [1.807, 2.05) is 36.4 Å². The molecule has 0 bridgehead atoms. The molecule has 0 aromatic heterocycles. The van der Waals surface area contributed by atoms with Gasteiger partial charge in [-0.1, -0.05) is 66.7 Å². The largest absolute Gasteiger partial charge is 0.507 e. The highest BCUT2D eigenvalue weighted by Crippen LogP contribution is 2.48. The quantitative estimate of drug-likeness (QED) is 0.153. The number of para-hydroxylation sites is 1. The maximum atomic E-state index is 13.4. The highest BCUT2D eigenvalue weighted by molar-refractivity contribution is 6.03. The Balaban J connectivity index is 1.23. The van der Waals surface area contributed by atoms with Crippen LogP contribution in [0.1, 0.15) is 47.8 Å². The minimum Gasteiger partial charge on any atom is -0.507 e. The average molecular weight is 630 g/mol. The summed E-state index contributed by atoms with van der Waals surface area (Å²) in [4.78, 5) is 15.1. The number of halogens is 1. The summed E-state index contributed by atoms with van der Waals surface area (Å²) in [5.41, 5.74) is 3.74. The third kappa shape index (κ3) is 6.03. The fourth-order valence-electron chi connectivity index (χ4n) is 6.48. The molecule has 46 heavy (non-hydrogen) atoms. The van der Waals surface area contributed by atoms with Gasteiger partial charge in [-0.2, -0.15) is 0 Å². The molecule has 0 saturated carbocycles. The number of aliphatic hydroxyl groups excluding tert-OH is 5. The second-order valence-corrected chi connectivity index (χ2v) is 11.9. The van der Waals surface area contributed by atoms with Crippen LogP contribution in [0.3, 0.4) is 0 Å². The Bertz CT molecular complexity index is 1650. The Morgan fingerprint density at radius 3 is 2.15 bits per heavy atom. The van der Waals surface area contributed by atoms with Gasteiger partial charge in [0.1, 0.15) is 42.1 Å². The van der Waals surface area contributed by atoms with Crippen molar-refractivity contribution in [2.24, 2.45) is 5.92 Å². The van der Waals surface area contributed by atoms with E-state index in [-0.39, 0.29) is 17.7 Å². The van der Waals surface area contributed by atoms with Crippen molar-refractivity contribution in [3.8, 4) is 16.9 Å². The number of hydrogen-bond acceptors (Lipinski definition) is 8. The number of anilines is 1. The Hall–Kier alpha value is -4.16. The molecule has 10 heteroatoms. The summed E-state index contributed by atoms with van der Waals surface area (Å²) in [5, 5.41) is 62.2. The Labute approximate surface area is 265 Å². The van der Waals surface area contributed by atoms with E-state index in [1.54, 1.807) is 41.3 Å². The number of rotatable bonds is 9. The normalized spacial score (nSPS) is 26.9. The number of β-lactam (4-membered cyclic amide) rings is 1. The summed E-state index contributed by atoms with van der Waals surface area (Å²) >= 11 is 0. The summed E-state index contributed by atoms with van der Waals surface area (Å²) < 4.78 is 19.0. The summed E-state index contributed by atoms with van der Waals surface area (Å²) in [7, 11) is 0. The summed E-state index contributed by atoms with van der Waals surface area (Å²) in [6.45, 7) is -0.524. The maximum Gasteiger partial charge on any atom is 0.233 e. The van der Waals surface area contributed by atoms with Crippen molar-refractivity contribution in [1.82, 2.24) is 0 Å². The highest BCUT2D eigenvalue weighted by atomic mass is 19.1. The molecule has 0 aliphatic carbocycles. The molecule has 2 aliphatic rings. The van der Waals surface area contributed by atoms with Gasteiger partial charge in [0.05, 0.1) is 24.7 Å². The minimum atomic E-state index is -1.49. The van der Waals surface area contributed by atoms with Gasteiger partial charge in [0.15, 0.2) is 0 Å². The molecule has 4 aromatic rings. The first kappa shape index (κ1) is 31.8. The SMILES string of the molecule is O=C1[C@H](CC[C@H](O)c2ccc(F)cc2)[C@@H](c2ccc(-c3ccc([C@@H]4O[C@H](CO)[C@@H](O)[C@H](O)[C@H]4O)cc3)c(O)c2)N1c1ccccc1. The first-order valence-corrected chi connectivity index (χ1v) is 15.2. The molecule has 0 spiro atoms. The standard InChI is InChI=1S/C36H36FNO8/c37-24-13-10-21(11-14-24)28(40)17-16-27-31(38(36(27)45)25-4-2-1-3-5-25)23-12-15-26(29(41)18-23)20-6-8-22(9-7-20)35-34(44)33(43)32(42)30(19-39)46-35/h1-15,18,27-28,30-35,39-44H,16-17,19H2/t27-,28+,30-,31-,32-,33+,34-,35+/m1/s1. The van der Waals surface area contributed by atoms with Gasteiger partial charge in [-0.25, -0.2) is 4.39 Å². The lowest BCUT2D eigenvalue weighted by atomic mass is 9.78. The third-order valence-corrected chi connectivity index (χ3v) is 9.06. The van der Waals surface area contributed by atoms with Crippen molar-refractivity contribution >= 4 is 11.6 Å². The number of benzene rings is 4. The number of phenols is 1. The molecule has 8 atom stereocenters. The van der Waals surface area contributed by atoms with E-state index in [4.69, 9.17) is 4.74 Å². The van der Waals surface area contributed by atoms with E-state index in [9.17, 15) is 39.8 Å². The molecule has 240 valence electrons. The van der Waals surface area contributed by atoms with Crippen LogP contribution < -0.4 is 4.90 Å². The Morgan fingerprint density at radius 1 is 0.826 bits per heavy atom. The zero-order chi connectivity index (χ0) is 32.5. The molecule has 2 heterocycles. The Morgan fingerprint density at radius 2 is 1.50 bits per heavy atom. The van der Waals surface area contributed by atoms with E-state index >= 15 is 0 Å². The first-order chi connectivity index (χ1) is 22.2. The summed E-state index contributed by atoms with van der Waals surface area (Å²) in [6, 6.07) is 26.6. The van der Waals surface area contributed by atoms with Crippen molar-refractivity contribution in [1.29, 1.82) is 0 Å². The monoisotopic (exact) mass is 629 g/mol. The van der Waals surface area contributed by atoms with Crippen LogP contribution in [0.5, 0.6) is 5.75 Å². The minimum absolute atomic E-state index is 0.00412. The van der Waals surface area contributed by atoms with Crippen LogP contribution in [-0.4, -0.2) is 67.6 Å². The number of phenolic OH excluding ortho intramolecular Hbond substituents is 1. The van der Waals surface area contributed by atoms with Crippen LogP contribution in [0.4, 0.5) is 10.1 Å². The molecule has 0 unspecified atom stereocenters. The topological polar surface area (TPSA) is 151 Å². The van der Waals surface area contributed by atoms with Gasteiger partial charge >= 0.3 is 0 Å². The van der Waals surface area contributed by atoms with Crippen LogP contribution in [0.25, 0.3) is 11.1 Å². The number of amides is 1. The number of aliphatic hydroxyl groups is 5. The van der Waals surface area contributed by atoms with Crippen LogP contribution in [0.2, 0.25) is 0 Å². The van der Waals surface area contributed by atoms with Gasteiger partial charge in [-0.3, -0.25) is 4.79 Å². The molecule has 2 saturated heterocycles. The number of aromatic hydroxyl groups is 1. The van der Waals surface area contributed by atoms with Gasteiger partial charge in [-0.15, -0.1) is 0 Å². The molecule has 2 aliphatic heterocycles. The van der Waals surface area contributed by atoms with Crippen molar-refractivity contribution in [2.45, 2.75) is 55.5 Å². The van der Waals surface area contributed by atoms with E-state index in [0.29, 0.717) is 35.1 Å². The van der Waals surface area contributed by atoms with Crippen LogP contribution in [0.15, 0.2) is 97.1 Å². The molecule has 6 N–H and O–H groups in total. The lowest BCUT2D eigenvalue weighted by molar-refractivity contribution is -0.231. The van der Waals surface area contributed by atoms with Crippen LogP contribution >= 0.6 is 0 Å². The third-order valence-electron chi connectivity index (χ3n) is 9.06. The molecule has 9 nitrogen and oxygen atoms in total. The lowest BCUT2D eigenvalue weighted by Crippen LogP contribution is -2.55. The van der Waals surface area contributed by atoms with E-state index in [0.717, 1.165) is 11.3 Å². The van der Waals surface area contributed by atoms with Crippen molar-refractivity contribution < 1.29 is 44.6 Å². The fraction of sp³-hybridized carbons (Fsp3) is 0.306. The molecule has 4 aromatic carbocycles. The Kier molecular flexibility index (Phi) is 9.19. The van der Waals surface area contributed by atoms with E-state index in [1.165, 1.54) is 24.3 Å². The smallest absolute Gasteiger partial charge is 0.233 e. The molecule has 6 rings (SSSR count). The number of ether oxygens (including phenoxy) is 1. The molecule has 1 amide bonds. The fourth-order valence-corrected chi connectivity index (χ4v) is 6.48. The van der Waals surface area contributed by atoms with Crippen LogP contribution in [-0.2, 0) is 9.53 Å². The van der Waals surface area contributed by atoms with E-state index < -0.39 is 55.0 Å². The van der Waals surface area contributed by atoms with Gasteiger partial charge < -0.3 is 40.3 Å². The van der Waals surface area contributed by atoms with Gasteiger partial charge in [-0.05, 0) is 65.4 Å². The lowest BCUT2D eigenvalue weighted by Gasteiger charge is -2.48. The molecule has 0 radical (unpaired) electrons.